The van der Waals surface area contributed by atoms with E-state index in [1.54, 1.807) is 19.1 Å². The number of rotatable bonds is 4. The Morgan fingerprint density at radius 3 is 2.35 bits per heavy atom. The Balaban J connectivity index is 2.18. The molecule has 0 spiro atoms. The van der Waals surface area contributed by atoms with Crippen LogP contribution in [0.2, 0.25) is 0 Å². The van der Waals surface area contributed by atoms with Crippen molar-refractivity contribution in [3.63, 3.8) is 0 Å². The summed E-state index contributed by atoms with van der Waals surface area (Å²) in [6, 6.07) is 5.93. The lowest BCUT2D eigenvalue weighted by molar-refractivity contribution is -0.127. The van der Waals surface area contributed by atoms with Crippen LogP contribution in [0.15, 0.2) is 29.2 Å². The van der Waals surface area contributed by atoms with E-state index in [1.807, 2.05) is 0 Å². The summed E-state index contributed by atoms with van der Waals surface area (Å²) in [6.45, 7) is 1.25. The molecule has 0 bridgehead atoms. The van der Waals surface area contributed by atoms with Crippen molar-refractivity contribution in [2.45, 2.75) is 36.4 Å². The summed E-state index contributed by atoms with van der Waals surface area (Å²) in [5.74, 6) is 0. The molecule has 7 nitrogen and oxygen atoms in total. The molecule has 1 aliphatic rings. The maximum atomic E-state index is 12.0. The predicted molar refractivity (Wildman–Crippen MR) is 67.2 cm³/mol. The van der Waals surface area contributed by atoms with Gasteiger partial charge in [0.2, 0.25) is 0 Å². The highest BCUT2D eigenvalue weighted by atomic mass is 32.2. The van der Waals surface area contributed by atoms with Crippen molar-refractivity contribution in [1.29, 1.82) is 0 Å². The van der Waals surface area contributed by atoms with E-state index in [4.69, 9.17) is 14.0 Å². The van der Waals surface area contributed by atoms with Gasteiger partial charge in [0.15, 0.2) is 12.4 Å². The molecule has 0 saturated carbocycles. The largest absolute Gasteiger partial charge is 0.394 e. The highest BCUT2D eigenvalue weighted by Crippen LogP contribution is 2.26. The monoisotopic (exact) mass is 304 g/mol. The number of aliphatic hydroxyl groups is 3. The minimum Gasteiger partial charge on any atom is -0.394 e. The van der Waals surface area contributed by atoms with Crippen LogP contribution in [0.5, 0.6) is 0 Å². The molecule has 1 aromatic rings. The van der Waals surface area contributed by atoms with Crippen molar-refractivity contribution in [2.75, 3.05) is 6.61 Å². The van der Waals surface area contributed by atoms with E-state index >= 15 is 0 Å². The molecule has 1 aromatic carbocycles. The van der Waals surface area contributed by atoms with Gasteiger partial charge in [-0.3, -0.25) is 4.18 Å². The second kappa shape index (κ2) is 5.76. The van der Waals surface area contributed by atoms with E-state index in [2.05, 4.69) is 0 Å². The van der Waals surface area contributed by atoms with Crippen molar-refractivity contribution < 1.29 is 32.7 Å². The van der Waals surface area contributed by atoms with E-state index in [0.717, 1.165) is 5.56 Å². The summed E-state index contributed by atoms with van der Waals surface area (Å²) in [5, 5.41) is 28.2. The van der Waals surface area contributed by atoms with Crippen LogP contribution < -0.4 is 0 Å². The molecular formula is C12H16O7S. The first kappa shape index (κ1) is 15.4. The van der Waals surface area contributed by atoms with Gasteiger partial charge in [-0.05, 0) is 19.1 Å². The number of aliphatic hydroxyl groups excluding tert-OH is 3. The fraction of sp³-hybridized carbons (Fsp3) is 0.500. The zero-order chi connectivity index (χ0) is 14.9. The maximum absolute atomic E-state index is 12.0. The molecule has 4 atom stereocenters. The molecule has 112 valence electrons. The molecule has 1 heterocycles. The van der Waals surface area contributed by atoms with E-state index in [0.29, 0.717) is 0 Å². The molecule has 0 aromatic heterocycles. The third-order valence-corrected chi connectivity index (χ3v) is 4.37. The Bertz CT molecular complexity index is 554. The van der Waals surface area contributed by atoms with Crippen molar-refractivity contribution >= 4 is 10.1 Å². The van der Waals surface area contributed by atoms with Gasteiger partial charge in [0.1, 0.15) is 12.2 Å². The molecular weight excluding hydrogens is 288 g/mol. The lowest BCUT2D eigenvalue weighted by Gasteiger charge is -2.17. The molecule has 1 fully saturated rings. The molecule has 1 saturated heterocycles. The minimum absolute atomic E-state index is 0.0880. The molecule has 2 rings (SSSR count). The topological polar surface area (TPSA) is 113 Å². The molecule has 8 heteroatoms. The second-order valence-electron chi connectivity index (χ2n) is 4.57. The second-order valence-corrected chi connectivity index (χ2v) is 6.14. The SMILES string of the molecule is Cc1ccc(S(=O)(=O)O[C@@H]2[C@@H](O)[C@H](CO)O[C@@H]2O)cc1. The summed E-state index contributed by atoms with van der Waals surface area (Å²) in [4.78, 5) is -0.0880. The summed E-state index contributed by atoms with van der Waals surface area (Å²) in [7, 11) is -4.14. The number of benzene rings is 1. The minimum atomic E-state index is -4.14. The van der Waals surface area contributed by atoms with Crippen LogP contribution in [-0.2, 0) is 19.0 Å². The first-order valence-corrected chi connectivity index (χ1v) is 7.38. The van der Waals surface area contributed by atoms with Gasteiger partial charge in [-0.1, -0.05) is 17.7 Å². The molecule has 0 radical (unpaired) electrons. The molecule has 0 unspecified atom stereocenters. The predicted octanol–water partition coefficient (Wildman–Crippen LogP) is -0.861. The standard InChI is InChI=1S/C12H16O7S/c1-7-2-4-8(5-3-7)20(16,17)19-11-10(14)9(6-13)18-12(11)15/h2-5,9-15H,6H2,1H3/t9-,10-,11+,12-/m0/s1. The Kier molecular flexibility index (Phi) is 4.43. The van der Waals surface area contributed by atoms with Crippen LogP contribution in [0.3, 0.4) is 0 Å². The molecule has 3 N–H and O–H groups in total. The normalized spacial score (nSPS) is 30.6. The third kappa shape index (κ3) is 3.00. The van der Waals surface area contributed by atoms with Crippen LogP contribution in [0, 0.1) is 6.92 Å². The average molecular weight is 304 g/mol. The summed E-state index contributed by atoms with van der Waals surface area (Å²) in [6.07, 6.45) is -5.61. The Morgan fingerprint density at radius 2 is 1.85 bits per heavy atom. The van der Waals surface area contributed by atoms with Crippen LogP contribution in [0.1, 0.15) is 5.56 Å². The summed E-state index contributed by atoms with van der Waals surface area (Å²) >= 11 is 0. The van der Waals surface area contributed by atoms with Crippen LogP contribution in [-0.4, -0.2) is 54.9 Å². The highest BCUT2D eigenvalue weighted by Gasteiger charge is 2.46. The van der Waals surface area contributed by atoms with Crippen LogP contribution in [0.4, 0.5) is 0 Å². The molecule has 0 aliphatic carbocycles. The smallest absolute Gasteiger partial charge is 0.297 e. The van der Waals surface area contributed by atoms with Crippen molar-refractivity contribution in [1.82, 2.24) is 0 Å². The van der Waals surface area contributed by atoms with Gasteiger partial charge in [-0.2, -0.15) is 8.42 Å². The molecule has 1 aliphatic heterocycles. The fourth-order valence-electron chi connectivity index (χ4n) is 1.88. The summed E-state index contributed by atoms with van der Waals surface area (Å²) < 4.78 is 33.7. The molecule has 20 heavy (non-hydrogen) atoms. The van der Waals surface area contributed by atoms with Crippen LogP contribution in [0.25, 0.3) is 0 Å². The average Bonchev–Trinajstić information content (AvgIpc) is 2.66. The van der Waals surface area contributed by atoms with E-state index < -0.39 is 41.3 Å². The van der Waals surface area contributed by atoms with Gasteiger partial charge >= 0.3 is 0 Å². The Labute approximate surface area is 116 Å². The fourth-order valence-corrected chi connectivity index (χ4v) is 2.96. The van der Waals surface area contributed by atoms with E-state index in [1.165, 1.54) is 12.1 Å². The quantitative estimate of drug-likeness (QED) is 0.620. The van der Waals surface area contributed by atoms with E-state index in [-0.39, 0.29) is 4.90 Å². The Morgan fingerprint density at radius 1 is 1.25 bits per heavy atom. The van der Waals surface area contributed by atoms with Crippen LogP contribution >= 0.6 is 0 Å². The number of aryl methyl sites for hydroxylation is 1. The first-order chi connectivity index (χ1) is 9.35. The van der Waals surface area contributed by atoms with Gasteiger partial charge in [0.05, 0.1) is 11.5 Å². The van der Waals surface area contributed by atoms with E-state index in [9.17, 15) is 18.6 Å². The number of hydrogen-bond acceptors (Lipinski definition) is 7. The third-order valence-electron chi connectivity index (χ3n) is 3.04. The lowest BCUT2D eigenvalue weighted by atomic mass is 10.1. The van der Waals surface area contributed by atoms with Crippen molar-refractivity contribution in [3.8, 4) is 0 Å². The first-order valence-electron chi connectivity index (χ1n) is 5.97. The van der Waals surface area contributed by atoms with Crippen molar-refractivity contribution in [3.05, 3.63) is 29.8 Å². The number of hydrogen-bond donors (Lipinski definition) is 3. The van der Waals surface area contributed by atoms with Gasteiger partial charge in [-0.25, -0.2) is 0 Å². The van der Waals surface area contributed by atoms with Gasteiger partial charge in [-0.15, -0.1) is 0 Å². The zero-order valence-electron chi connectivity index (χ0n) is 10.7. The van der Waals surface area contributed by atoms with Gasteiger partial charge in [0.25, 0.3) is 10.1 Å². The summed E-state index contributed by atoms with van der Waals surface area (Å²) in [5.41, 5.74) is 0.883. The highest BCUT2D eigenvalue weighted by molar-refractivity contribution is 7.86. The number of ether oxygens (including phenoxy) is 1. The maximum Gasteiger partial charge on any atom is 0.297 e. The van der Waals surface area contributed by atoms with Crippen molar-refractivity contribution in [2.24, 2.45) is 0 Å². The zero-order valence-corrected chi connectivity index (χ0v) is 11.5. The Hall–Kier alpha value is -1.03. The van der Waals surface area contributed by atoms with Gasteiger partial charge < -0.3 is 20.1 Å². The van der Waals surface area contributed by atoms with Gasteiger partial charge in [0, 0.05) is 0 Å². The molecule has 0 amide bonds. The lowest BCUT2D eigenvalue weighted by Crippen LogP contribution is -2.37.